The second kappa shape index (κ2) is 9.26. The molecule has 0 saturated carbocycles. The molecule has 1 N–H and O–H groups in total. The van der Waals surface area contributed by atoms with E-state index in [1.165, 1.54) is 6.20 Å². The first-order valence-corrected chi connectivity index (χ1v) is 10.4. The lowest BCUT2D eigenvalue weighted by molar-refractivity contribution is 0.0375. The lowest BCUT2D eigenvalue weighted by Gasteiger charge is -2.29. The van der Waals surface area contributed by atoms with Gasteiger partial charge in [0, 0.05) is 42.4 Å². The van der Waals surface area contributed by atoms with E-state index in [9.17, 15) is 4.79 Å². The molecule has 4 heterocycles. The summed E-state index contributed by atoms with van der Waals surface area (Å²) in [6, 6.07) is 7.40. The van der Waals surface area contributed by atoms with Gasteiger partial charge in [0.05, 0.1) is 17.7 Å². The summed E-state index contributed by atoms with van der Waals surface area (Å²) in [5.74, 6) is 1.25. The largest absolute Gasteiger partial charge is 0.473 e. The van der Waals surface area contributed by atoms with Crippen LogP contribution in [0.25, 0.3) is 11.3 Å². The van der Waals surface area contributed by atoms with E-state index in [-0.39, 0.29) is 24.5 Å². The van der Waals surface area contributed by atoms with Crippen molar-refractivity contribution < 1.29 is 18.8 Å². The number of carbonyl (C=O) groups is 1. The predicted octanol–water partition coefficient (Wildman–Crippen LogP) is 3.48. The van der Waals surface area contributed by atoms with Crippen LogP contribution in [0.1, 0.15) is 40.7 Å². The van der Waals surface area contributed by atoms with Crippen LogP contribution < -0.4 is 10.1 Å². The Morgan fingerprint density at radius 3 is 2.77 bits per heavy atom. The number of hydrogen-bond acceptors (Lipinski definition) is 7. The summed E-state index contributed by atoms with van der Waals surface area (Å²) in [7, 11) is 0. The summed E-state index contributed by atoms with van der Waals surface area (Å²) >= 11 is 0. The number of rotatable bonds is 6. The summed E-state index contributed by atoms with van der Waals surface area (Å²) in [4.78, 5) is 21.1. The van der Waals surface area contributed by atoms with Gasteiger partial charge in [0.1, 0.15) is 18.1 Å². The Morgan fingerprint density at radius 1 is 1.19 bits per heavy atom. The maximum Gasteiger partial charge on any atom is 0.253 e. The zero-order chi connectivity index (χ0) is 21.8. The van der Waals surface area contributed by atoms with Gasteiger partial charge in [-0.1, -0.05) is 12.1 Å². The van der Waals surface area contributed by atoms with E-state index in [2.05, 4.69) is 27.4 Å². The lowest BCUT2D eigenvalue weighted by atomic mass is 9.97. The molecule has 162 valence electrons. The van der Waals surface area contributed by atoms with Gasteiger partial charge < -0.3 is 19.3 Å². The fourth-order valence-electron chi connectivity index (χ4n) is 3.49. The molecule has 0 bridgehead atoms. The molecule has 4 rings (SSSR count). The second-order valence-electron chi connectivity index (χ2n) is 7.85. The van der Waals surface area contributed by atoms with Crippen LogP contribution in [0.3, 0.4) is 0 Å². The van der Waals surface area contributed by atoms with Crippen molar-refractivity contribution in [2.75, 3.05) is 13.2 Å². The van der Waals surface area contributed by atoms with Crippen molar-refractivity contribution in [3.05, 3.63) is 59.2 Å². The molecule has 1 aliphatic rings. The van der Waals surface area contributed by atoms with Gasteiger partial charge in [0.2, 0.25) is 5.88 Å². The molecule has 3 aromatic rings. The highest BCUT2D eigenvalue weighted by molar-refractivity contribution is 5.94. The fraction of sp³-hybridized carbons (Fsp3) is 0.391. The summed E-state index contributed by atoms with van der Waals surface area (Å²) in [5.41, 5.74) is 3.83. The molecule has 0 spiro atoms. The Bertz CT molecular complexity index is 1030. The monoisotopic (exact) mass is 422 g/mol. The van der Waals surface area contributed by atoms with E-state index in [4.69, 9.17) is 14.0 Å². The zero-order valence-electron chi connectivity index (χ0n) is 17.9. The molecular weight excluding hydrogens is 396 g/mol. The highest BCUT2D eigenvalue weighted by Crippen LogP contribution is 2.26. The van der Waals surface area contributed by atoms with Crippen molar-refractivity contribution in [3.63, 3.8) is 0 Å². The minimum atomic E-state index is -0.137. The SMILES string of the molecule is Cc1ccc(-c2noc(C)c2COc2ccc(C(=O)N[C@@H]3CCOC[C@@H]3C)cn2)cn1. The first-order valence-electron chi connectivity index (χ1n) is 10.4. The van der Waals surface area contributed by atoms with Gasteiger partial charge >= 0.3 is 0 Å². The van der Waals surface area contributed by atoms with Gasteiger partial charge in [-0.3, -0.25) is 9.78 Å². The average Bonchev–Trinajstić information content (AvgIpc) is 3.15. The molecule has 0 aromatic carbocycles. The Labute approximate surface area is 181 Å². The number of carbonyl (C=O) groups excluding carboxylic acids is 1. The smallest absolute Gasteiger partial charge is 0.253 e. The van der Waals surface area contributed by atoms with E-state index in [1.54, 1.807) is 18.3 Å². The van der Waals surface area contributed by atoms with Crippen molar-refractivity contribution >= 4 is 5.91 Å². The standard InChI is InChI=1S/C23H26N4O4/c1-14-12-29-9-8-20(14)26-23(28)18-6-7-21(25-11-18)30-13-19-16(3)31-27-22(19)17-5-4-15(2)24-10-17/h4-7,10-11,14,20H,8-9,12-13H2,1-3H3,(H,26,28)/t14-,20+/m0/s1. The van der Waals surface area contributed by atoms with E-state index in [0.717, 1.165) is 23.2 Å². The number of aromatic nitrogens is 3. The average molecular weight is 422 g/mol. The van der Waals surface area contributed by atoms with Gasteiger partial charge in [-0.15, -0.1) is 0 Å². The van der Waals surface area contributed by atoms with Crippen LogP contribution in [-0.4, -0.2) is 40.3 Å². The number of aryl methyl sites for hydroxylation is 2. The van der Waals surface area contributed by atoms with E-state index >= 15 is 0 Å². The van der Waals surface area contributed by atoms with Gasteiger partial charge in [-0.2, -0.15) is 0 Å². The normalized spacial score (nSPS) is 18.5. The van der Waals surface area contributed by atoms with Crippen LogP contribution in [0.5, 0.6) is 5.88 Å². The third kappa shape index (κ3) is 4.91. The Balaban J connectivity index is 1.39. The van der Waals surface area contributed by atoms with Gasteiger partial charge in [0.15, 0.2) is 0 Å². The third-order valence-electron chi connectivity index (χ3n) is 5.49. The molecule has 2 atom stereocenters. The first-order chi connectivity index (χ1) is 15.0. The maximum absolute atomic E-state index is 12.5. The number of nitrogens with zero attached hydrogens (tertiary/aromatic N) is 3. The highest BCUT2D eigenvalue weighted by atomic mass is 16.5. The topological polar surface area (TPSA) is 99.4 Å². The van der Waals surface area contributed by atoms with Crippen molar-refractivity contribution in [3.8, 4) is 17.1 Å². The highest BCUT2D eigenvalue weighted by Gasteiger charge is 2.24. The molecule has 0 radical (unpaired) electrons. The molecule has 8 heteroatoms. The van der Waals surface area contributed by atoms with E-state index < -0.39 is 0 Å². The van der Waals surface area contributed by atoms with Crippen molar-refractivity contribution in [1.82, 2.24) is 20.4 Å². The van der Waals surface area contributed by atoms with Gasteiger partial charge in [-0.25, -0.2) is 4.98 Å². The summed E-state index contributed by atoms with van der Waals surface area (Å²) in [6.45, 7) is 7.43. The number of hydrogen-bond donors (Lipinski definition) is 1. The van der Waals surface area contributed by atoms with Crippen LogP contribution >= 0.6 is 0 Å². The number of nitrogens with one attached hydrogen (secondary N) is 1. The van der Waals surface area contributed by atoms with Crippen molar-refractivity contribution in [2.24, 2.45) is 5.92 Å². The molecule has 1 fully saturated rings. The van der Waals surface area contributed by atoms with E-state index in [1.807, 2.05) is 26.0 Å². The zero-order valence-corrected chi connectivity index (χ0v) is 17.9. The lowest BCUT2D eigenvalue weighted by Crippen LogP contribution is -2.44. The van der Waals surface area contributed by atoms with E-state index in [0.29, 0.717) is 36.1 Å². The summed E-state index contributed by atoms with van der Waals surface area (Å²) < 4.78 is 16.6. The minimum absolute atomic E-state index is 0.114. The second-order valence-corrected chi connectivity index (χ2v) is 7.85. The number of pyridine rings is 2. The Hall–Kier alpha value is -3.26. The maximum atomic E-state index is 12.5. The summed E-state index contributed by atoms with van der Waals surface area (Å²) in [5, 5.41) is 7.22. The quantitative estimate of drug-likeness (QED) is 0.649. The van der Waals surface area contributed by atoms with Crippen LogP contribution in [0, 0.1) is 19.8 Å². The Morgan fingerprint density at radius 2 is 2.06 bits per heavy atom. The van der Waals surface area contributed by atoms with Crippen LogP contribution in [-0.2, 0) is 11.3 Å². The first kappa shape index (κ1) is 21.0. The van der Waals surface area contributed by atoms with Crippen LogP contribution in [0.4, 0.5) is 0 Å². The number of ether oxygens (including phenoxy) is 2. The molecule has 8 nitrogen and oxygen atoms in total. The summed E-state index contributed by atoms with van der Waals surface area (Å²) in [6.07, 6.45) is 4.11. The van der Waals surface area contributed by atoms with Gasteiger partial charge in [-0.05, 0) is 44.4 Å². The number of amides is 1. The molecule has 3 aromatic heterocycles. The molecule has 1 saturated heterocycles. The van der Waals surface area contributed by atoms with Crippen molar-refractivity contribution in [1.29, 1.82) is 0 Å². The van der Waals surface area contributed by atoms with Crippen LogP contribution in [0.15, 0.2) is 41.2 Å². The minimum Gasteiger partial charge on any atom is -0.473 e. The molecule has 0 aliphatic carbocycles. The Kier molecular flexibility index (Phi) is 6.27. The van der Waals surface area contributed by atoms with Gasteiger partial charge in [0.25, 0.3) is 5.91 Å². The fourth-order valence-corrected chi connectivity index (χ4v) is 3.49. The molecule has 1 aliphatic heterocycles. The molecule has 0 unspecified atom stereocenters. The molecule has 1 amide bonds. The predicted molar refractivity (Wildman–Crippen MR) is 114 cm³/mol. The third-order valence-corrected chi connectivity index (χ3v) is 5.49. The molecule has 31 heavy (non-hydrogen) atoms. The molecular formula is C23H26N4O4. The van der Waals surface area contributed by atoms with Crippen LogP contribution in [0.2, 0.25) is 0 Å². The van der Waals surface area contributed by atoms with Crippen molar-refractivity contribution in [2.45, 2.75) is 39.8 Å².